The molecule has 0 aliphatic carbocycles. The molecule has 0 fully saturated rings. The smallest absolute Gasteiger partial charge is 0.142 e. The molecule has 1 aromatic heterocycles. The van der Waals surface area contributed by atoms with E-state index in [1.54, 1.807) is 0 Å². The fourth-order valence-electron chi connectivity index (χ4n) is 2.32. The zero-order valence-corrected chi connectivity index (χ0v) is 11.0. The zero-order chi connectivity index (χ0) is 13.1. The highest BCUT2D eigenvalue weighted by Gasteiger charge is 2.17. The molecule has 0 saturated heterocycles. The Morgan fingerprint density at radius 2 is 2.16 bits per heavy atom. The lowest BCUT2D eigenvalue weighted by Gasteiger charge is -2.24. The summed E-state index contributed by atoms with van der Waals surface area (Å²) in [7, 11) is 1.88. The Hall–Kier alpha value is -2.23. The normalized spacial score (nSPS) is 14.3. The van der Waals surface area contributed by atoms with E-state index in [0.717, 1.165) is 42.5 Å². The van der Waals surface area contributed by atoms with Crippen LogP contribution in [0.4, 0.5) is 17.2 Å². The fourth-order valence-corrected chi connectivity index (χ4v) is 2.32. The number of para-hydroxylation sites is 2. The van der Waals surface area contributed by atoms with E-state index in [1.807, 2.05) is 37.5 Å². The molecule has 0 atom stereocenters. The molecule has 98 valence electrons. The summed E-state index contributed by atoms with van der Waals surface area (Å²) in [6, 6.07) is 12.3. The van der Waals surface area contributed by atoms with Crippen molar-refractivity contribution in [3.8, 4) is 5.75 Å². The highest BCUT2D eigenvalue weighted by Crippen LogP contribution is 2.35. The van der Waals surface area contributed by atoms with Crippen LogP contribution in [0.15, 0.2) is 42.6 Å². The molecule has 1 aliphatic heterocycles. The number of rotatable bonds is 2. The van der Waals surface area contributed by atoms with Crippen molar-refractivity contribution in [3.05, 3.63) is 42.6 Å². The van der Waals surface area contributed by atoms with Gasteiger partial charge in [-0.3, -0.25) is 0 Å². The van der Waals surface area contributed by atoms with E-state index < -0.39 is 0 Å². The molecule has 3 rings (SSSR count). The summed E-state index contributed by atoms with van der Waals surface area (Å²) in [6.45, 7) is 1.71. The maximum Gasteiger partial charge on any atom is 0.142 e. The lowest BCUT2D eigenvalue weighted by Crippen LogP contribution is -2.17. The van der Waals surface area contributed by atoms with Crippen LogP contribution in [0.3, 0.4) is 0 Å². The molecule has 4 heteroatoms. The molecule has 2 aromatic rings. The minimum Gasteiger partial charge on any atom is -0.491 e. The summed E-state index contributed by atoms with van der Waals surface area (Å²) in [4.78, 5) is 6.55. The van der Waals surface area contributed by atoms with E-state index in [1.165, 1.54) is 0 Å². The molecular weight excluding hydrogens is 238 g/mol. The van der Waals surface area contributed by atoms with Crippen LogP contribution >= 0.6 is 0 Å². The van der Waals surface area contributed by atoms with Crippen LogP contribution in [0.1, 0.15) is 6.42 Å². The third kappa shape index (κ3) is 2.34. The molecule has 0 amide bonds. The Balaban J connectivity index is 2.03. The fraction of sp³-hybridized carbons (Fsp3) is 0.267. The van der Waals surface area contributed by atoms with Gasteiger partial charge in [-0.05, 0) is 24.6 Å². The van der Waals surface area contributed by atoms with Gasteiger partial charge >= 0.3 is 0 Å². The Morgan fingerprint density at radius 3 is 3.05 bits per heavy atom. The highest BCUT2D eigenvalue weighted by atomic mass is 16.5. The van der Waals surface area contributed by atoms with Crippen molar-refractivity contribution in [3.63, 3.8) is 0 Å². The average Bonchev–Trinajstić information content (AvgIpc) is 2.69. The summed E-state index contributed by atoms with van der Waals surface area (Å²) in [5, 5.41) is 3.08. The average molecular weight is 255 g/mol. The first-order valence-corrected chi connectivity index (χ1v) is 6.51. The van der Waals surface area contributed by atoms with Gasteiger partial charge in [-0.2, -0.15) is 0 Å². The Bertz CT molecular complexity index is 571. The molecule has 0 unspecified atom stereocenters. The number of anilines is 3. The van der Waals surface area contributed by atoms with Crippen LogP contribution in [-0.2, 0) is 0 Å². The second-order valence-corrected chi connectivity index (χ2v) is 4.47. The first-order chi connectivity index (χ1) is 9.38. The van der Waals surface area contributed by atoms with Crippen LogP contribution in [0.5, 0.6) is 5.75 Å². The lowest BCUT2D eigenvalue weighted by molar-refractivity contribution is 0.322. The minimum absolute atomic E-state index is 0.761. The van der Waals surface area contributed by atoms with Crippen molar-refractivity contribution in [2.45, 2.75) is 6.42 Å². The number of aromatic nitrogens is 1. The molecule has 2 heterocycles. The number of nitrogens with one attached hydrogen (secondary N) is 1. The predicted octanol–water partition coefficient (Wildman–Crippen LogP) is 3.04. The SMILES string of the molecule is CNc1cc(N2CCCOc3ccccc32)ccn1. The van der Waals surface area contributed by atoms with E-state index in [0.29, 0.717) is 0 Å². The molecule has 0 bridgehead atoms. The van der Waals surface area contributed by atoms with Gasteiger partial charge < -0.3 is 15.0 Å². The van der Waals surface area contributed by atoms with Crippen molar-refractivity contribution in [1.82, 2.24) is 4.98 Å². The number of ether oxygens (including phenoxy) is 1. The van der Waals surface area contributed by atoms with Crippen molar-refractivity contribution >= 4 is 17.2 Å². The van der Waals surface area contributed by atoms with Gasteiger partial charge in [0.1, 0.15) is 11.6 Å². The standard InChI is InChI=1S/C15H17N3O/c1-16-15-11-12(7-8-17-15)18-9-4-10-19-14-6-3-2-5-13(14)18/h2-3,5-8,11H,4,9-10H2,1H3,(H,16,17). The summed E-state index contributed by atoms with van der Waals surface area (Å²) in [5.41, 5.74) is 2.26. The first-order valence-electron chi connectivity index (χ1n) is 6.51. The monoisotopic (exact) mass is 255 g/mol. The maximum absolute atomic E-state index is 5.78. The van der Waals surface area contributed by atoms with Gasteiger partial charge in [-0.1, -0.05) is 12.1 Å². The Labute approximate surface area is 113 Å². The van der Waals surface area contributed by atoms with Gasteiger partial charge in [0.2, 0.25) is 0 Å². The van der Waals surface area contributed by atoms with Crippen molar-refractivity contribution in [2.75, 3.05) is 30.4 Å². The number of fused-ring (bicyclic) bond motifs is 1. The largest absolute Gasteiger partial charge is 0.491 e. The number of hydrogen-bond donors (Lipinski definition) is 1. The summed E-state index contributed by atoms with van der Waals surface area (Å²) in [6.07, 6.45) is 2.83. The zero-order valence-electron chi connectivity index (χ0n) is 11.0. The maximum atomic E-state index is 5.78. The van der Waals surface area contributed by atoms with Crippen LogP contribution in [0.2, 0.25) is 0 Å². The molecule has 0 spiro atoms. The predicted molar refractivity (Wildman–Crippen MR) is 77.3 cm³/mol. The number of pyridine rings is 1. The molecule has 0 radical (unpaired) electrons. The quantitative estimate of drug-likeness (QED) is 0.895. The van der Waals surface area contributed by atoms with Crippen LogP contribution < -0.4 is 15.0 Å². The highest BCUT2D eigenvalue weighted by molar-refractivity contribution is 5.70. The Kier molecular flexibility index (Phi) is 3.23. The van der Waals surface area contributed by atoms with E-state index in [-0.39, 0.29) is 0 Å². The molecule has 19 heavy (non-hydrogen) atoms. The summed E-state index contributed by atoms with van der Waals surface area (Å²) in [5.74, 6) is 1.82. The first kappa shape index (κ1) is 11.8. The van der Waals surface area contributed by atoms with E-state index >= 15 is 0 Å². The van der Waals surface area contributed by atoms with Crippen molar-refractivity contribution < 1.29 is 4.74 Å². The molecule has 1 aliphatic rings. The van der Waals surface area contributed by atoms with Gasteiger partial charge in [0.05, 0.1) is 12.3 Å². The summed E-state index contributed by atoms with van der Waals surface area (Å²) < 4.78 is 5.78. The van der Waals surface area contributed by atoms with Crippen molar-refractivity contribution in [1.29, 1.82) is 0 Å². The van der Waals surface area contributed by atoms with Crippen molar-refractivity contribution in [2.24, 2.45) is 0 Å². The minimum atomic E-state index is 0.761. The van der Waals surface area contributed by atoms with Gasteiger partial charge in [0.15, 0.2) is 0 Å². The van der Waals surface area contributed by atoms with Gasteiger partial charge in [-0.15, -0.1) is 0 Å². The lowest BCUT2D eigenvalue weighted by atomic mass is 10.2. The molecule has 4 nitrogen and oxygen atoms in total. The van der Waals surface area contributed by atoms with Gasteiger partial charge in [-0.25, -0.2) is 4.98 Å². The second kappa shape index (κ2) is 5.18. The molecule has 0 saturated carbocycles. The van der Waals surface area contributed by atoms with E-state index in [9.17, 15) is 0 Å². The van der Waals surface area contributed by atoms with Crippen LogP contribution in [0, 0.1) is 0 Å². The number of hydrogen-bond acceptors (Lipinski definition) is 4. The third-order valence-corrected chi connectivity index (χ3v) is 3.25. The molecule has 1 N–H and O–H groups in total. The Morgan fingerprint density at radius 1 is 1.26 bits per heavy atom. The van der Waals surface area contributed by atoms with Gasteiger partial charge in [0, 0.05) is 31.5 Å². The molecular formula is C15H17N3O. The third-order valence-electron chi connectivity index (χ3n) is 3.25. The van der Waals surface area contributed by atoms with Crippen LogP contribution in [-0.4, -0.2) is 25.2 Å². The molecule has 1 aromatic carbocycles. The van der Waals surface area contributed by atoms with Crippen LogP contribution in [0.25, 0.3) is 0 Å². The van der Waals surface area contributed by atoms with E-state index in [4.69, 9.17) is 4.74 Å². The number of benzene rings is 1. The van der Waals surface area contributed by atoms with Gasteiger partial charge in [0.25, 0.3) is 0 Å². The summed E-state index contributed by atoms with van der Waals surface area (Å²) >= 11 is 0. The second-order valence-electron chi connectivity index (χ2n) is 4.47. The number of nitrogens with zero attached hydrogens (tertiary/aromatic N) is 2. The topological polar surface area (TPSA) is 37.4 Å². The van der Waals surface area contributed by atoms with E-state index in [2.05, 4.69) is 27.3 Å².